The van der Waals surface area contributed by atoms with Gasteiger partial charge in [-0.25, -0.2) is 0 Å². The first kappa shape index (κ1) is 15.9. The van der Waals surface area contributed by atoms with Crippen LogP contribution in [0.2, 0.25) is 0 Å². The van der Waals surface area contributed by atoms with E-state index in [1.807, 2.05) is 35.2 Å². The Kier molecular flexibility index (Phi) is 5.73. The van der Waals surface area contributed by atoms with Crippen molar-refractivity contribution in [3.63, 3.8) is 0 Å². The summed E-state index contributed by atoms with van der Waals surface area (Å²) >= 11 is 0. The van der Waals surface area contributed by atoms with E-state index >= 15 is 0 Å². The largest absolute Gasteiger partial charge is 0.338 e. The molecule has 0 radical (unpaired) electrons. The molecule has 0 spiro atoms. The number of nitrogens with two attached hydrogens (primary N) is 1. The first-order chi connectivity index (χ1) is 10.1. The van der Waals surface area contributed by atoms with Gasteiger partial charge in [0.15, 0.2) is 0 Å². The quantitative estimate of drug-likeness (QED) is 0.852. The molecule has 5 nitrogen and oxygen atoms in total. The Bertz CT molecular complexity index is 441. The SMILES string of the molecule is CN(C)CCN1CCN(C(=O)[C@@H](N)c2ccccc2)CC1. The van der Waals surface area contributed by atoms with E-state index in [0.717, 1.165) is 44.8 Å². The summed E-state index contributed by atoms with van der Waals surface area (Å²) in [4.78, 5) is 18.9. The molecule has 1 saturated heterocycles. The van der Waals surface area contributed by atoms with Crippen LogP contribution in [0, 0.1) is 0 Å². The minimum absolute atomic E-state index is 0.0356. The molecule has 1 fully saturated rings. The van der Waals surface area contributed by atoms with Crippen LogP contribution in [0.3, 0.4) is 0 Å². The number of nitrogens with zero attached hydrogens (tertiary/aromatic N) is 3. The molecule has 116 valence electrons. The molecule has 1 atom stereocenters. The summed E-state index contributed by atoms with van der Waals surface area (Å²) in [7, 11) is 4.16. The van der Waals surface area contributed by atoms with E-state index in [2.05, 4.69) is 23.9 Å². The number of rotatable bonds is 5. The smallest absolute Gasteiger partial charge is 0.244 e. The summed E-state index contributed by atoms with van der Waals surface area (Å²) in [5, 5.41) is 0. The molecule has 1 aliphatic rings. The van der Waals surface area contributed by atoms with Gasteiger partial charge in [0.1, 0.15) is 6.04 Å². The van der Waals surface area contributed by atoms with E-state index in [0.29, 0.717) is 0 Å². The summed E-state index contributed by atoms with van der Waals surface area (Å²) < 4.78 is 0. The third-order valence-electron chi connectivity index (χ3n) is 3.97. The molecule has 0 aromatic heterocycles. The molecule has 5 heteroatoms. The fourth-order valence-corrected chi connectivity index (χ4v) is 2.53. The molecule has 2 rings (SSSR count). The van der Waals surface area contributed by atoms with E-state index in [9.17, 15) is 4.79 Å². The average molecular weight is 290 g/mol. The van der Waals surface area contributed by atoms with Crippen molar-refractivity contribution < 1.29 is 4.79 Å². The second-order valence-corrected chi connectivity index (χ2v) is 5.86. The molecule has 0 unspecified atom stereocenters. The fourth-order valence-electron chi connectivity index (χ4n) is 2.53. The minimum atomic E-state index is -0.542. The average Bonchev–Trinajstić information content (AvgIpc) is 2.53. The Hall–Kier alpha value is -1.43. The number of benzene rings is 1. The highest BCUT2D eigenvalue weighted by atomic mass is 16.2. The van der Waals surface area contributed by atoms with Crippen molar-refractivity contribution >= 4 is 5.91 Å². The number of hydrogen-bond donors (Lipinski definition) is 1. The maximum absolute atomic E-state index is 12.4. The lowest BCUT2D eigenvalue weighted by Gasteiger charge is -2.36. The zero-order valence-electron chi connectivity index (χ0n) is 13.0. The van der Waals surface area contributed by atoms with Crippen LogP contribution in [0.25, 0.3) is 0 Å². The lowest BCUT2D eigenvalue weighted by molar-refractivity contribution is -0.134. The van der Waals surface area contributed by atoms with E-state index < -0.39 is 6.04 Å². The standard InChI is InChI=1S/C16H26N4O/c1-18(2)8-9-19-10-12-20(13-11-19)16(21)15(17)14-6-4-3-5-7-14/h3-7,15H,8-13,17H2,1-2H3/t15-/m0/s1. The molecule has 2 N–H and O–H groups in total. The van der Waals surface area contributed by atoms with Gasteiger partial charge in [-0.3, -0.25) is 9.69 Å². The topological polar surface area (TPSA) is 52.8 Å². The van der Waals surface area contributed by atoms with Crippen LogP contribution in [-0.4, -0.2) is 74.0 Å². The Morgan fingerprint density at radius 2 is 1.81 bits per heavy atom. The molecule has 1 aromatic carbocycles. The van der Waals surface area contributed by atoms with Crippen LogP contribution in [0.15, 0.2) is 30.3 Å². The van der Waals surface area contributed by atoms with Crippen molar-refractivity contribution in [1.29, 1.82) is 0 Å². The number of carbonyl (C=O) groups is 1. The van der Waals surface area contributed by atoms with Crippen molar-refractivity contribution in [2.24, 2.45) is 5.73 Å². The van der Waals surface area contributed by atoms with E-state index in [4.69, 9.17) is 5.73 Å². The van der Waals surface area contributed by atoms with E-state index in [-0.39, 0.29) is 5.91 Å². The highest BCUT2D eigenvalue weighted by Crippen LogP contribution is 2.14. The maximum Gasteiger partial charge on any atom is 0.244 e. The Balaban J connectivity index is 1.83. The predicted octanol–water partition coefficient (Wildman–Crippen LogP) is 0.392. The number of piperazine rings is 1. The summed E-state index contributed by atoms with van der Waals surface area (Å²) in [6.07, 6.45) is 0. The van der Waals surface area contributed by atoms with Gasteiger partial charge in [0, 0.05) is 39.3 Å². The summed E-state index contributed by atoms with van der Waals surface area (Å²) in [6, 6.07) is 9.05. The van der Waals surface area contributed by atoms with Gasteiger partial charge in [-0.05, 0) is 19.7 Å². The van der Waals surface area contributed by atoms with Crippen LogP contribution in [0.5, 0.6) is 0 Å². The van der Waals surface area contributed by atoms with Crippen LogP contribution < -0.4 is 5.73 Å². The molecule has 1 aromatic rings. The molecule has 0 bridgehead atoms. The molecule has 21 heavy (non-hydrogen) atoms. The van der Waals surface area contributed by atoms with Crippen LogP contribution in [0.4, 0.5) is 0 Å². The summed E-state index contributed by atoms with van der Waals surface area (Å²) in [5.74, 6) is 0.0356. The zero-order valence-corrected chi connectivity index (χ0v) is 13.0. The number of likely N-dealkylation sites (N-methyl/N-ethyl adjacent to an activating group) is 1. The first-order valence-electron chi connectivity index (χ1n) is 7.54. The van der Waals surface area contributed by atoms with Crippen LogP contribution >= 0.6 is 0 Å². The van der Waals surface area contributed by atoms with E-state index in [1.54, 1.807) is 0 Å². The van der Waals surface area contributed by atoms with Crippen LogP contribution in [-0.2, 0) is 4.79 Å². The van der Waals surface area contributed by atoms with Gasteiger partial charge in [-0.1, -0.05) is 30.3 Å². The van der Waals surface area contributed by atoms with Gasteiger partial charge < -0.3 is 15.5 Å². The highest BCUT2D eigenvalue weighted by Gasteiger charge is 2.25. The second kappa shape index (κ2) is 7.54. The van der Waals surface area contributed by atoms with Crippen molar-refractivity contribution in [2.75, 3.05) is 53.4 Å². The normalized spacial score (nSPS) is 18.0. The molecule has 0 saturated carbocycles. The summed E-state index contributed by atoms with van der Waals surface area (Å²) in [5.41, 5.74) is 6.98. The Morgan fingerprint density at radius 3 is 2.38 bits per heavy atom. The Morgan fingerprint density at radius 1 is 1.19 bits per heavy atom. The molecule has 1 amide bonds. The molecular weight excluding hydrogens is 264 g/mol. The number of carbonyl (C=O) groups excluding carboxylic acids is 1. The molecule has 1 aliphatic heterocycles. The highest BCUT2D eigenvalue weighted by molar-refractivity contribution is 5.83. The van der Waals surface area contributed by atoms with Crippen molar-refractivity contribution in [2.45, 2.75) is 6.04 Å². The van der Waals surface area contributed by atoms with Gasteiger partial charge >= 0.3 is 0 Å². The lowest BCUT2D eigenvalue weighted by atomic mass is 10.1. The molecular formula is C16H26N4O. The minimum Gasteiger partial charge on any atom is -0.338 e. The van der Waals surface area contributed by atoms with Gasteiger partial charge in [0.2, 0.25) is 5.91 Å². The van der Waals surface area contributed by atoms with Crippen molar-refractivity contribution in [3.8, 4) is 0 Å². The Labute approximate surface area is 127 Å². The van der Waals surface area contributed by atoms with Gasteiger partial charge in [0.05, 0.1) is 0 Å². The second-order valence-electron chi connectivity index (χ2n) is 5.86. The number of hydrogen-bond acceptors (Lipinski definition) is 4. The third-order valence-corrected chi connectivity index (χ3v) is 3.97. The van der Waals surface area contributed by atoms with Crippen LogP contribution in [0.1, 0.15) is 11.6 Å². The lowest BCUT2D eigenvalue weighted by Crippen LogP contribution is -2.51. The van der Waals surface area contributed by atoms with Gasteiger partial charge in [0.25, 0.3) is 0 Å². The van der Waals surface area contributed by atoms with E-state index in [1.165, 1.54) is 0 Å². The number of amides is 1. The summed E-state index contributed by atoms with van der Waals surface area (Å²) in [6.45, 7) is 5.51. The fraction of sp³-hybridized carbons (Fsp3) is 0.562. The zero-order chi connectivity index (χ0) is 15.2. The predicted molar refractivity (Wildman–Crippen MR) is 84.9 cm³/mol. The van der Waals surface area contributed by atoms with Gasteiger partial charge in [-0.15, -0.1) is 0 Å². The monoisotopic (exact) mass is 290 g/mol. The van der Waals surface area contributed by atoms with Crippen molar-refractivity contribution in [1.82, 2.24) is 14.7 Å². The molecule has 0 aliphatic carbocycles. The maximum atomic E-state index is 12.4. The van der Waals surface area contributed by atoms with Gasteiger partial charge in [-0.2, -0.15) is 0 Å². The molecule has 1 heterocycles. The van der Waals surface area contributed by atoms with Crippen molar-refractivity contribution in [3.05, 3.63) is 35.9 Å². The third kappa shape index (κ3) is 4.52. The first-order valence-corrected chi connectivity index (χ1v) is 7.54.